The van der Waals surface area contributed by atoms with E-state index in [1.807, 2.05) is 0 Å². The molecule has 2 aromatic carbocycles. The highest BCUT2D eigenvalue weighted by molar-refractivity contribution is 5.83. The van der Waals surface area contributed by atoms with E-state index in [0.717, 1.165) is 31.5 Å². The van der Waals surface area contributed by atoms with E-state index in [2.05, 4.69) is 77.9 Å². The number of fused-ring (bicyclic) bond motifs is 3. The van der Waals surface area contributed by atoms with Crippen LogP contribution in [-0.2, 0) is 18.3 Å². The molecular weight excluding hydrogens is 520 g/mol. The monoisotopic (exact) mass is 580 g/mol. The molecule has 2 nitrogen and oxygen atoms in total. The third-order valence-corrected chi connectivity index (χ3v) is 10.0. The van der Waals surface area contributed by atoms with Gasteiger partial charge >= 0.3 is 0 Å². The summed E-state index contributed by atoms with van der Waals surface area (Å²) in [5.41, 5.74) is 12.5. The van der Waals surface area contributed by atoms with Gasteiger partial charge in [-0.05, 0) is 73.4 Å². The number of unbranched alkanes of at least 4 members (excludes halogenated alkanes) is 10. The predicted molar refractivity (Wildman–Crippen MR) is 187 cm³/mol. The van der Waals surface area contributed by atoms with Crippen molar-refractivity contribution >= 4 is 0 Å². The van der Waals surface area contributed by atoms with Crippen molar-refractivity contribution in [3.8, 4) is 22.5 Å². The van der Waals surface area contributed by atoms with Crippen molar-refractivity contribution in [1.82, 2.24) is 9.97 Å². The summed E-state index contributed by atoms with van der Waals surface area (Å²) in [4.78, 5) is 10.4. The molecular formula is C41H60N2. The van der Waals surface area contributed by atoms with Crippen LogP contribution in [0.4, 0.5) is 0 Å². The maximum atomic E-state index is 5.21. The van der Waals surface area contributed by atoms with Gasteiger partial charge in [0.25, 0.3) is 0 Å². The van der Waals surface area contributed by atoms with Crippen molar-refractivity contribution in [2.75, 3.05) is 0 Å². The summed E-state index contributed by atoms with van der Waals surface area (Å²) in [5, 5.41) is 0. The van der Waals surface area contributed by atoms with Gasteiger partial charge in [-0.2, -0.15) is 0 Å². The van der Waals surface area contributed by atoms with E-state index >= 15 is 0 Å². The fourth-order valence-electron chi connectivity index (χ4n) is 7.53. The van der Waals surface area contributed by atoms with E-state index < -0.39 is 0 Å². The molecule has 234 valence electrons. The van der Waals surface area contributed by atoms with Gasteiger partial charge in [0.2, 0.25) is 0 Å². The molecule has 0 saturated carbocycles. The van der Waals surface area contributed by atoms with Crippen LogP contribution in [0.15, 0.2) is 36.4 Å². The molecule has 0 radical (unpaired) electrons. The lowest BCUT2D eigenvalue weighted by Gasteiger charge is -2.33. The molecule has 1 aliphatic carbocycles. The fraction of sp³-hybridized carbons (Fsp3) is 0.610. The largest absolute Gasteiger partial charge is 0.233 e. The first-order valence-corrected chi connectivity index (χ1v) is 18.1. The van der Waals surface area contributed by atoms with Gasteiger partial charge < -0.3 is 0 Å². The minimum absolute atomic E-state index is 0.0887. The van der Waals surface area contributed by atoms with Crippen molar-refractivity contribution in [1.29, 1.82) is 0 Å². The highest BCUT2D eigenvalue weighted by atomic mass is 14.9. The fourth-order valence-corrected chi connectivity index (χ4v) is 7.53. The lowest BCUT2D eigenvalue weighted by atomic mass is 9.70. The molecule has 1 aromatic heterocycles. The normalized spacial score (nSPS) is 13.3. The molecule has 2 heteroatoms. The second-order valence-corrected chi connectivity index (χ2v) is 13.5. The Morgan fingerprint density at radius 3 is 1.56 bits per heavy atom. The first-order chi connectivity index (χ1) is 21.0. The number of aromatic nitrogens is 2. The molecule has 0 atom stereocenters. The van der Waals surface area contributed by atoms with Gasteiger partial charge in [-0.15, -0.1) is 0 Å². The minimum atomic E-state index is 0.0887. The van der Waals surface area contributed by atoms with Crippen LogP contribution in [0.25, 0.3) is 22.5 Å². The average Bonchev–Trinajstić information content (AvgIpc) is 3.27. The lowest BCUT2D eigenvalue weighted by Crippen LogP contribution is -2.26. The summed E-state index contributed by atoms with van der Waals surface area (Å²) in [7, 11) is 0. The Labute approximate surface area is 264 Å². The van der Waals surface area contributed by atoms with E-state index in [-0.39, 0.29) is 5.41 Å². The van der Waals surface area contributed by atoms with Crippen LogP contribution in [0.5, 0.6) is 0 Å². The van der Waals surface area contributed by atoms with Crippen molar-refractivity contribution in [2.45, 2.75) is 163 Å². The van der Waals surface area contributed by atoms with Gasteiger partial charge in [0.05, 0.1) is 0 Å². The quantitative estimate of drug-likeness (QED) is 0.132. The van der Waals surface area contributed by atoms with Crippen LogP contribution in [0, 0.1) is 13.8 Å². The van der Waals surface area contributed by atoms with Gasteiger partial charge in [0, 0.05) is 22.4 Å². The number of rotatable bonds is 19. The molecule has 0 saturated heterocycles. The Morgan fingerprint density at radius 1 is 0.535 bits per heavy atom. The second-order valence-electron chi connectivity index (χ2n) is 13.5. The highest BCUT2D eigenvalue weighted by Crippen LogP contribution is 2.55. The van der Waals surface area contributed by atoms with Gasteiger partial charge in [0.1, 0.15) is 0 Å². The number of hydrogen-bond donors (Lipinski definition) is 0. The van der Waals surface area contributed by atoms with Gasteiger partial charge in [-0.25, -0.2) is 9.97 Å². The van der Waals surface area contributed by atoms with Crippen molar-refractivity contribution < 1.29 is 0 Å². The predicted octanol–water partition coefficient (Wildman–Crippen LogP) is 12.4. The summed E-state index contributed by atoms with van der Waals surface area (Å²) in [5.74, 6) is 0.931. The van der Waals surface area contributed by atoms with Crippen LogP contribution in [-0.4, -0.2) is 9.97 Å². The van der Waals surface area contributed by atoms with Gasteiger partial charge in [-0.1, -0.05) is 153 Å². The molecule has 3 aromatic rings. The Bertz CT molecular complexity index is 1260. The zero-order chi connectivity index (χ0) is 30.7. The summed E-state index contributed by atoms with van der Waals surface area (Å²) >= 11 is 0. The highest BCUT2D eigenvalue weighted by Gasteiger charge is 2.42. The van der Waals surface area contributed by atoms with Gasteiger partial charge in [0.15, 0.2) is 5.82 Å². The Morgan fingerprint density at radius 2 is 1.02 bits per heavy atom. The van der Waals surface area contributed by atoms with Gasteiger partial charge in [-0.3, -0.25) is 0 Å². The van der Waals surface area contributed by atoms with E-state index in [1.54, 1.807) is 11.1 Å². The molecule has 0 fully saturated rings. The van der Waals surface area contributed by atoms with E-state index in [0.29, 0.717) is 0 Å². The number of benzene rings is 2. The summed E-state index contributed by atoms with van der Waals surface area (Å²) < 4.78 is 0. The van der Waals surface area contributed by atoms with E-state index in [1.165, 1.54) is 129 Å². The third kappa shape index (κ3) is 7.98. The van der Waals surface area contributed by atoms with Crippen molar-refractivity contribution in [3.63, 3.8) is 0 Å². The maximum Gasteiger partial charge on any atom is 0.159 e. The van der Waals surface area contributed by atoms with E-state index in [9.17, 15) is 0 Å². The average molecular weight is 581 g/mol. The zero-order valence-electron chi connectivity index (χ0n) is 28.6. The second kappa shape index (κ2) is 16.6. The van der Waals surface area contributed by atoms with Crippen molar-refractivity contribution in [3.05, 3.63) is 70.0 Å². The molecule has 4 rings (SSSR count). The smallest absolute Gasteiger partial charge is 0.159 e. The number of aryl methyl sites for hydroxylation is 3. The first kappa shape index (κ1) is 33.4. The third-order valence-electron chi connectivity index (χ3n) is 10.0. The number of nitrogens with zero attached hydrogens (tertiary/aromatic N) is 2. The molecule has 0 bridgehead atoms. The van der Waals surface area contributed by atoms with Crippen LogP contribution >= 0.6 is 0 Å². The van der Waals surface area contributed by atoms with Crippen LogP contribution in [0.3, 0.4) is 0 Å². The molecule has 0 N–H and O–H groups in total. The minimum Gasteiger partial charge on any atom is -0.233 e. The van der Waals surface area contributed by atoms with Crippen molar-refractivity contribution in [2.24, 2.45) is 0 Å². The Hall–Kier alpha value is -2.48. The summed E-state index contributed by atoms with van der Waals surface area (Å²) in [6.45, 7) is 13.7. The first-order valence-electron chi connectivity index (χ1n) is 18.1. The molecule has 0 amide bonds. The molecule has 1 aliphatic rings. The molecule has 0 spiro atoms. The molecule has 1 heterocycles. The lowest BCUT2D eigenvalue weighted by molar-refractivity contribution is 0.398. The topological polar surface area (TPSA) is 25.8 Å². The van der Waals surface area contributed by atoms with Crippen LogP contribution in [0.2, 0.25) is 0 Å². The summed E-state index contributed by atoms with van der Waals surface area (Å²) in [6, 6.07) is 14.5. The Kier molecular flexibility index (Phi) is 12.9. The molecule has 43 heavy (non-hydrogen) atoms. The van der Waals surface area contributed by atoms with E-state index in [4.69, 9.17) is 9.97 Å². The van der Waals surface area contributed by atoms with Crippen LogP contribution in [0.1, 0.15) is 164 Å². The standard InChI is InChI=1S/C41H60N2/c1-7-11-13-15-17-19-27-41(28-20-18-16-14-12-8-2)36-29-31(5)23-25-34(36)35-26-24-33(30-37(35)41)40-42-38(21-9-3)32(6)39(43-40)22-10-4/h23-26,29-30H,7-22,27-28H2,1-6H3. The molecule has 0 aliphatic heterocycles. The maximum absolute atomic E-state index is 5.21. The number of hydrogen-bond acceptors (Lipinski definition) is 2. The SMILES string of the molecule is CCCCCCCCC1(CCCCCCCC)c2cc(C)ccc2-c2ccc(-c3nc(CCC)c(C)c(CCC)n3)cc21. The van der Waals surface area contributed by atoms with Crippen LogP contribution < -0.4 is 0 Å². The zero-order valence-corrected chi connectivity index (χ0v) is 28.6. The Balaban J connectivity index is 1.77. The molecule has 0 unspecified atom stereocenters. The summed E-state index contributed by atoms with van der Waals surface area (Å²) in [6.07, 6.45) is 22.9.